The smallest absolute Gasteiger partial charge is 0.411 e. The molecule has 10 nitrogen and oxygen atoms in total. The molecule has 13 heteroatoms. The average molecular weight is 643 g/mol. The van der Waals surface area contributed by atoms with Gasteiger partial charge in [0.15, 0.2) is 0 Å². The Labute approximate surface area is 256 Å². The Morgan fingerprint density at radius 3 is 2.23 bits per heavy atom. The van der Waals surface area contributed by atoms with E-state index in [9.17, 15) is 21.6 Å². The Hall–Kier alpha value is -3.62. The van der Waals surface area contributed by atoms with Crippen molar-refractivity contribution < 1.29 is 26.4 Å². The normalized spacial score (nSPS) is 12.3. The number of aromatic nitrogens is 1. The Morgan fingerprint density at radius 2 is 1.60 bits per heavy atom. The van der Waals surface area contributed by atoms with Crippen LogP contribution in [-0.2, 0) is 31.3 Å². The first-order chi connectivity index (χ1) is 20.1. The lowest BCUT2D eigenvalue weighted by atomic mass is 10.1. The molecule has 43 heavy (non-hydrogen) atoms. The molecule has 1 aromatic heterocycles. The Balaban J connectivity index is 1.63. The lowest BCUT2D eigenvalue weighted by Crippen LogP contribution is -2.40. The van der Waals surface area contributed by atoms with Gasteiger partial charge in [0, 0.05) is 35.1 Å². The summed E-state index contributed by atoms with van der Waals surface area (Å²) in [7, 11) is -7.80. The van der Waals surface area contributed by atoms with E-state index in [4.69, 9.17) is 4.74 Å². The van der Waals surface area contributed by atoms with Gasteiger partial charge in [-0.2, -0.15) is 0 Å². The lowest BCUT2D eigenvalue weighted by Gasteiger charge is -2.22. The summed E-state index contributed by atoms with van der Waals surface area (Å²) in [6, 6.07) is 19.8. The summed E-state index contributed by atoms with van der Waals surface area (Å²) in [4.78, 5) is 17.1. The van der Waals surface area contributed by atoms with E-state index in [1.807, 2.05) is 0 Å². The van der Waals surface area contributed by atoms with Crippen molar-refractivity contribution in [2.24, 2.45) is 0 Å². The van der Waals surface area contributed by atoms with Crippen molar-refractivity contribution in [2.75, 3.05) is 5.32 Å². The molecule has 0 aliphatic carbocycles. The number of anilines is 1. The zero-order valence-electron chi connectivity index (χ0n) is 24.4. The van der Waals surface area contributed by atoms with Gasteiger partial charge in [-0.1, -0.05) is 30.3 Å². The van der Waals surface area contributed by atoms with Crippen molar-refractivity contribution in [3.05, 3.63) is 84.6 Å². The van der Waals surface area contributed by atoms with Crippen molar-refractivity contribution in [1.29, 1.82) is 0 Å². The summed E-state index contributed by atoms with van der Waals surface area (Å²) in [5, 5.41) is 3.32. The molecule has 0 radical (unpaired) electrons. The molecule has 1 amide bonds. The molecule has 3 aromatic carbocycles. The van der Waals surface area contributed by atoms with Crippen LogP contribution < -0.4 is 14.8 Å². The van der Waals surface area contributed by atoms with Gasteiger partial charge in [0.1, 0.15) is 5.01 Å². The summed E-state index contributed by atoms with van der Waals surface area (Å²) >= 11 is 1.31. The summed E-state index contributed by atoms with van der Waals surface area (Å²) in [6.45, 7) is 8.66. The maximum Gasteiger partial charge on any atom is 0.411 e. The molecule has 4 rings (SSSR count). The van der Waals surface area contributed by atoms with Crippen LogP contribution in [0.3, 0.4) is 0 Å². The molecule has 0 aliphatic rings. The molecule has 0 unspecified atom stereocenters. The Morgan fingerprint density at radius 1 is 0.930 bits per heavy atom. The average Bonchev–Trinajstić information content (AvgIpc) is 3.41. The molecule has 0 saturated carbocycles. The van der Waals surface area contributed by atoms with E-state index in [2.05, 4.69) is 19.7 Å². The number of hydrogen-bond acceptors (Lipinski definition) is 8. The molecule has 0 bridgehead atoms. The van der Waals surface area contributed by atoms with Crippen molar-refractivity contribution in [2.45, 2.75) is 62.6 Å². The second-order valence-corrected chi connectivity index (χ2v) is 15.5. The third kappa shape index (κ3) is 8.71. The van der Waals surface area contributed by atoms with Gasteiger partial charge in [0.05, 0.1) is 20.8 Å². The van der Waals surface area contributed by atoms with Gasteiger partial charge in [0.25, 0.3) is 0 Å². The van der Waals surface area contributed by atoms with Gasteiger partial charge in [-0.15, -0.1) is 11.3 Å². The topological polar surface area (TPSA) is 144 Å². The van der Waals surface area contributed by atoms with Crippen molar-refractivity contribution in [3.63, 3.8) is 0 Å². The summed E-state index contributed by atoms with van der Waals surface area (Å²) in [5.41, 5.74) is 1.50. The van der Waals surface area contributed by atoms with Crippen LogP contribution in [-0.4, -0.2) is 39.6 Å². The Bertz CT molecular complexity index is 1800. The third-order valence-electron chi connectivity index (χ3n) is 5.79. The highest BCUT2D eigenvalue weighted by Crippen LogP contribution is 2.36. The third-order valence-corrected chi connectivity index (χ3v) is 10.1. The highest BCUT2D eigenvalue weighted by atomic mass is 32.2. The molecule has 0 atom stereocenters. The number of nitrogens with zero attached hydrogens (tertiary/aromatic N) is 1. The number of thiazole rings is 1. The predicted molar refractivity (Wildman–Crippen MR) is 169 cm³/mol. The fraction of sp³-hybridized carbons (Fsp3) is 0.267. The predicted octanol–water partition coefficient (Wildman–Crippen LogP) is 5.99. The Kier molecular flexibility index (Phi) is 9.72. The summed E-state index contributed by atoms with van der Waals surface area (Å²) in [6.07, 6.45) is 0.816. The van der Waals surface area contributed by atoms with Crippen LogP contribution >= 0.6 is 11.3 Å². The minimum atomic E-state index is -4.01. The van der Waals surface area contributed by atoms with E-state index >= 15 is 0 Å². The summed E-state index contributed by atoms with van der Waals surface area (Å²) < 4.78 is 63.0. The molecule has 0 spiro atoms. The van der Waals surface area contributed by atoms with Crippen LogP contribution in [0, 0.1) is 0 Å². The SMILES string of the molecule is CC(C)OC(=O)Nc1ccc(-c2ncc(-c3ccc(CNS(=O)(=O)c4ccccc4)cc3S(=O)(=O)NC(C)(C)C)s2)cc1. The van der Waals surface area contributed by atoms with Crippen LogP contribution in [0.5, 0.6) is 0 Å². The van der Waals surface area contributed by atoms with Gasteiger partial charge in [-0.3, -0.25) is 5.32 Å². The fourth-order valence-corrected chi connectivity index (χ4v) is 7.77. The second-order valence-electron chi connectivity index (χ2n) is 11.0. The standard InChI is InChI=1S/C30H34N4O6S3/c1-20(2)40-29(35)33-23-14-12-22(13-15-23)28-31-19-26(41-28)25-16-11-21(17-27(25)43(38,39)34-30(3,4)5)18-32-42(36,37)24-9-7-6-8-10-24/h6-17,19-20,32,34H,18H2,1-5H3,(H,33,35). The molecule has 0 fully saturated rings. The first kappa shape index (κ1) is 32.3. The van der Waals surface area contributed by atoms with Crippen LogP contribution in [0.1, 0.15) is 40.2 Å². The first-order valence-corrected chi connectivity index (χ1v) is 17.2. The van der Waals surface area contributed by atoms with E-state index < -0.39 is 31.7 Å². The molecule has 4 aromatic rings. The maximum absolute atomic E-state index is 13.6. The summed E-state index contributed by atoms with van der Waals surface area (Å²) in [5.74, 6) is 0. The lowest BCUT2D eigenvalue weighted by molar-refractivity contribution is 0.130. The zero-order valence-corrected chi connectivity index (χ0v) is 26.9. The number of nitrogens with one attached hydrogen (secondary N) is 3. The van der Waals surface area contributed by atoms with Gasteiger partial charge >= 0.3 is 6.09 Å². The number of hydrogen-bond donors (Lipinski definition) is 3. The van der Waals surface area contributed by atoms with Gasteiger partial charge in [-0.05, 0) is 82.6 Å². The van der Waals surface area contributed by atoms with E-state index in [1.54, 1.807) is 95.4 Å². The van der Waals surface area contributed by atoms with Gasteiger partial charge in [-0.25, -0.2) is 36.1 Å². The van der Waals surface area contributed by atoms with E-state index in [1.165, 1.54) is 29.5 Å². The van der Waals surface area contributed by atoms with E-state index in [-0.39, 0.29) is 22.4 Å². The van der Waals surface area contributed by atoms with Crippen LogP contribution in [0.15, 0.2) is 88.8 Å². The first-order valence-electron chi connectivity index (χ1n) is 13.4. The van der Waals surface area contributed by atoms with Crippen LogP contribution in [0.4, 0.5) is 10.5 Å². The zero-order chi connectivity index (χ0) is 31.4. The number of carbonyl (C=O) groups is 1. The molecular weight excluding hydrogens is 609 g/mol. The molecule has 0 aliphatic heterocycles. The van der Waals surface area contributed by atoms with Crippen LogP contribution in [0.25, 0.3) is 21.0 Å². The van der Waals surface area contributed by atoms with Crippen molar-refractivity contribution in [3.8, 4) is 21.0 Å². The minimum Gasteiger partial charge on any atom is -0.447 e. The van der Waals surface area contributed by atoms with Crippen molar-refractivity contribution in [1.82, 2.24) is 14.4 Å². The molecule has 0 saturated heterocycles. The number of ether oxygens (including phenoxy) is 1. The molecule has 1 heterocycles. The highest BCUT2D eigenvalue weighted by molar-refractivity contribution is 7.90. The van der Waals surface area contributed by atoms with E-state index in [0.29, 0.717) is 26.7 Å². The van der Waals surface area contributed by atoms with Crippen LogP contribution in [0.2, 0.25) is 0 Å². The number of amides is 1. The maximum atomic E-state index is 13.6. The largest absolute Gasteiger partial charge is 0.447 e. The van der Waals surface area contributed by atoms with E-state index in [0.717, 1.165) is 5.56 Å². The molecule has 228 valence electrons. The number of rotatable bonds is 10. The number of sulfonamides is 2. The molecular formula is C30H34N4O6S3. The number of carbonyl (C=O) groups excluding carboxylic acids is 1. The highest BCUT2D eigenvalue weighted by Gasteiger charge is 2.27. The minimum absolute atomic E-state index is 0.0113. The fourth-order valence-electron chi connectivity index (χ4n) is 4.01. The number of benzene rings is 3. The quantitative estimate of drug-likeness (QED) is 0.193. The second kappa shape index (κ2) is 12.9. The molecule has 3 N–H and O–H groups in total. The van der Waals surface area contributed by atoms with Gasteiger partial charge in [0.2, 0.25) is 20.0 Å². The monoisotopic (exact) mass is 642 g/mol. The van der Waals surface area contributed by atoms with Gasteiger partial charge < -0.3 is 4.74 Å². The van der Waals surface area contributed by atoms with Crippen molar-refractivity contribution >= 4 is 43.2 Å².